The second kappa shape index (κ2) is 5.71. The molecule has 0 radical (unpaired) electrons. The summed E-state index contributed by atoms with van der Waals surface area (Å²) >= 11 is 0. The van der Waals surface area contributed by atoms with E-state index < -0.39 is 0 Å². The van der Waals surface area contributed by atoms with Crippen molar-refractivity contribution in [1.82, 2.24) is 0 Å². The maximum absolute atomic E-state index is 11.8. The lowest BCUT2D eigenvalue weighted by Gasteiger charge is -2.15. The van der Waals surface area contributed by atoms with E-state index in [4.69, 9.17) is 10.5 Å². The SMILES string of the molecule is Cc1ccc(C(=O)OC(C)CC(C)C)cc1N. The molecule has 0 heterocycles. The van der Waals surface area contributed by atoms with Gasteiger partial charge in [0.25, 0.3) is 0 Å². The third kappa shape index (κ3) is 4.10. The molecule has 0 aliphatic heterocycles. The zero-order chi connectivity index (χ0) is 13.0. The maximum atomic E-state index is 11.8. The van der Waals surface area contributed by atoms with Crippen molar-refractivity contribution in [3.8, 4) is 0 Å². The molecule has 0 aliphatic carbocycles. The van der Waals surface area contributed by atoms with Gasteiger partial charge in [-0.2, -0.15) is 0 Å². The Kier molecular flexibility index (Phi) is 4.55. The van der Waals surface area contributed by atoms with Crippen LogP contribution in [0.3, 0.4) is 0 Å². The molecule has 0 spiro atoms. The van der Waals surface area contributed by atoms with E-state index in [1.165, 1.54) is 0 Å². The van der Waals surface area contributed by atoms with E-state index in [0.717, 1.165) is 12.0 Å². The molecular formula is C14H21NO2. The van der Waals surface area contributed by atoms with Crippen molar-refractivity contribution in [3.63, 3.8) is 0 Å². The molecule has 0 bridgehead atoms. The Morgan fingerprint density at radius 2 is 2.00 bits per heavy atom. The summed E-state index contributed by atoms with van der Waals surface area (Å²) < 4.78 is 5.35. The van der Waals surface area contributed by atoms with Crippen LogP contribution in [0.5, 0.6) is 0 Å². The molecule has 0 aliphatic rings. The number of carbonyl (C=O) groups is 1. The van der Waals surface area contributed by atoms with Crippen LogP contribution in [0, 0.1) is 12.8 Å². The first-order valence-corrected chi connectivity index (χ1v) is 5.97. The highest BCUT2D eigenvalue weighted by atomic mass is 16.5. The average Bonchev–Trinajstić information content (AvgIpc) is 2.20. The van der Waals surface area contributed by atoms with E-state index in [2.05, 4.69) is 13.8 Å². The van der Waals surface area contributed by atoms with E-state index in [1.807, 2.05) is 19.9 Å². The molecule has 1 rings (SSSR count). The lowest BCUT2D eigenvalue weighted by atomic mass is 10.1. The van der Waals surface area contributed by atoms with E-state index in [1.54, 1.807) is 12.1 Å². The minimum Gasteiger partial charge on any atom is -0.459 e. The van der Waals surface area contributed by atoms with Crippen LogP contribution in [0.2, 0.25) is 0 Å². The molecular weight excluding hydrogens is 214 g/mol. The third-order valence-corrected chi connectivity index (χ3v) is 2.63. The monoisotopic (exact) mass is 235 g/mol. The molecule has 1 aromatic rings. The average molecular weight is 235 g/mol. The van der Waals surface area contributed by atoms with Gasteiger partial charge in [-0.3, -0.25) is 0 Å². The van der Waals surface area contributed by atoms with Gasteiger partial charge in [-0.05, 0) is 43.9 Å². The van der Waals surface area contributed by atoms with Crippen LogP contribution in [0.4, 0.5) is 5.69 Å². The molecule has 2 N–H and O–H groups in total. The summed E-state index contributed by atoms with van der Waals surface area (Å²) in [5.41, 5.74) is 7.87. The Hall–Kier alpha value is -1.51. The number of hydrogen-bond acceptors (Lipinski definition) is 3. The number of rotatable bonds is 4. The van der Waals surface area contributed by atoms with Crippen molar-refractivity contribution in [1.29, 1.82) is 0 Å². The number of nitrogens with two attached hydrogens (primary N) is 1. The fourth-order valence-electron chi connectivity index (χ4n) is 1.73. The van der Waals surface area contributed by atoms with Gasteiger partial charge in [0.1, 0.15) is 0 Å². The summed E-state index contributed by atoms with van der Waals surface area (Å²) in [7, 11) is 0. The van der Waals surface area contributed by atoms with Gasteiger partial charge in [0.15, 0.2) is 0 Å². The number of aryl methyl sites for hydroxylation is 1. The predicted octanol–water partition coefficient (Wildman–Crippen LogP) is 3.17. The maximum Gasteiger partial charge on any atom is 0.338 e. The molecule has 17 heavy (non-hydrogen) atoms. The molecule has 0 aromatic heterocycles. The quantitative estimate of drug-likeness (QED) is 0.644. The molecule has 0 saturated carbocycles. The minimum atomic E-state index is -0.301. The van der Waals surface area contributed by atoms with Crippen LogP contribution in [-0.4, -0.2) is 12.1 Å². The number of nitrogen functional groups attached to an aromatic ring is 1. The van der Waals surface area contributed by atoms with Crippen LogP contribution in [0.15, 0.2) is 18.2 Å². The Bertz CT molecular complexity index is 399. The van der Waals surface area contributed by atoms with Crippen molar-refractivity contribution in [3.05, 3.63) is 29.3 Å². The van der Waals surface area contributed by atoms with Crippen LogP contribution in [-0.2, 0) is 4.74 Å². The lowest BCUT2D eigenvalue weighted by molar-refractivity contribution is 0.0300. The Balaban J connectivity index is 2.66. The second-order valence-corrected chi connectivity index (χ2v) is 4.92. The van der Waals surface area contributed by atoms with Crippen molar-refractivity contribution < 1.29 is 9.53 Å². The lowest BCUT2D eigenvalue weighted by Crippen LogP contribution is -2.17. The van der Waals surface area contributed by atoms with Crippen LogP contribution in [0.1, 0.15) is 43.1 Å². The molecule has 3 nitrogen and oxygen atoms in total. The van der Waals surface area contributed by atoms with Gasteiger partial charge >= 0.3 is 5.97 Å². The van der Waals surface area contributed by atoms with Crippen molar-refractivity contribution >= 4 is 11.7 Å². The number of benzene rings is 1. The summed E-state index contributed by atoms with van der Waals surface area (Å²) in [6.45, 7) is 8.03. The first-order valence-electron chi connectivity index (χ1n) is 5.97. The van der Waals surface area contributed by atoms with Gasteiger partial charge in [-0.15, -0.1) is 0 Å². The summed E-state index contributed by atoms with van der Waals surface area (Å²) in [4.78, 5) is 11.8. The third-order valence-electron chi connectivity index (χ3n) is 2.63. The zero-order valence-electron chi connectivity index (χ0n) is 11.0. The molecule has 1 atom stereocenters. The predicted molar refractivity (Wildman–Crippen MR) is 69.9 cm³/mol. The highest BCUT2D eigenvalue weighted by Gasteiger charge is 2.13. The highest BCUT2D eigenvalue weighted by Crippen LogP contribution is 2.15. The normalized spacial score (nSPS) is 12.5. The van der Waals surface area contributed by atoms with E-state index in [0.29, 0.717) is 17.2 Å². The first kappa shape index (κ1) is 13.6. The van der Waals surface area contributed by atoms with E-state index >= 15 is 0 Å². The Morgan fingerprint density at radius 1 is 1.35 bits per heavy atom. The van der Waals surface area contributed by atoms with Crippen molar-refractivity contribution in [2.45, 2.75) is 40.2 Å². The van der Waals surface area contributed by atoms with Gasteiger partial charge in [-0.1, -0.05) is 19.9 Å². The number of anilines is 1. The summed E-state index contributed by atoms with van der Waals surface area (Å²) in [6, 6.07) is 5.24. The summed E-state index contributed by atoms with van der Waals surface area (Å²) in [6.07, 6.45) is 0.803. The first-order chi connectivity index (χ1) is 7.90. The number of carbonyl (C=O) groups excluding carboxylic acids is 1. The van der Waals surface area contributed by atoms with Gasteiger partial charge in [0, 0.05) is 5.69 Å². The van der Waals surface area contributed by atoms with Crippen molar-refractivity contribution in [2.24, 2.45) is 5.92 Å². The number of ether oxygens (including phenoxy) is 1. The van der Waals surface area contributed by atoms with Crippen LogP contribution >= 0.6 is 0 Å². The van der Waals surface area contributed by atoms with E-state index in [-0.39, 0.29) is 12.1 Å². The molecule has 3 heteroatoms. The number of hydrogen-bond donors (Lipinski definition) is 1. The van der Waals surface area contributed by atoms with Gasteiger partial charge in [0.05, 0.1) is 11.7 Å². The van der Waals surface area contributed by atoms with E-state index in [9.17, 15) is 4.79 Å². The fourth-order valence-corrected chi connectivity index (χ4v) is 1.73. The summed E-state index contributed by atoms with van der Waals surface area (Å²) in [5.74, 6) is 0.214. The number of esters is 1. The largest absolute Gasteiger partial charge is 0.459 e. The van der Waals surface area contributed by atoms with Gasteiger partial charge in [0.2, 0.25) is 0 Å². The minimum absolute atomic E-state index is 0.0648. The van der Waals surface area contributed by atoms with Gasteiger partial charge in [-0.25, -0.2) is 4.79 Å². The highest BCUT2D eigenvalue weighted by molar-refractivity contribution is 5.90. The fraction of sp³-hybridized carbons (Fsp3) is 0.500. The molecule has 94 valence electrons. The van der Waals surface area contributed by atoms with Crippen LogP contribution in [0.25, 0.3) is 0 Å². The topological polar surface area (TPSA) is 52.3 Å². The van der Waals surface area contributed by atoms with Crippen LogP contribution < -0.4 is 5.73 Å². The second-order valence-electron chi connectivity index (χ2n) is 4.92. The standard InChI is InChI=1S/C14H21NO2/c1-9(2)7-11(4)17-14(16)12-6-5-10(3)13(15)8-12/h5-6,8-9,11H,7,15H2,1-4H3. The van der Waals surface area contributed by atoms with Crippen molar-refractivity contribution in [2.75, 3.05) is 5.73 Å². The zero-order valence-corrected chi connectivity index (χ0v) is 11.0. The smallest absolute Gasteiger partial charge is 0.338 e. The Morgan fingerprint density at radius 3 is 2.53 bits per heavy atom. The Labute approximate surface area is 103 Å². The molecule has 0 amide bonds. The molecule has 0 fully saturated rings. The molecule has 0 saturated heterocycles. The molecule has 1 unspecified atom stereocenters. The van der Waals surface area contributed by atoms with Gasteiger partial charge < -0.3 is 10.5 Å². The molecule has 1 aromatic carbocycles. The summed E-state index contributed by atoms with van der Waals surface area (Å²) in [5, 5.41) is 0.